The number of nitrogens with two attached hydrogens (primary N) is 1. The fourth-order valence-corrected chi connectivity index (χ4v) is 1.70. The van der Waals surface area contributed by atoms with Crippen LogP contribution in [0.2, 0.25) is 0 Å². The van der Waals surface area contributed by atoms with Crippen molar-refractivity contribution >= 4 is 11.9 Å². The van der Waals surface area contributed by atoms with Crippen LogP contribution < -0.4 is 20.9 Å². The standard InChI is InChI=1S/C14H20N6O/c1-9(2)10-6-5-7-11(8-10)21-14-17-12(19-15)16-13(18-14)20(3)4/h5-9H,15H2,1-4H3,(H,16,17,18,19). The topological polar surface area (TPSA) is 89.2 Å². The second kappa shape index (κ2) is 6.36. The molecule has 0 aliphatic rings. The first-order chi connectivity index (χ1) is 9.99. The van der Waals surface area contributed by atoms with Crippen molar-refractivity contribution in [3.63, 3.8) is 0 Å². The number of hydrogen-bond acceptors (Lipinski definition) is 7. The summed E-state index contributed by atoms with van der Waals surface area (Å²) in [6, 6.07) is 8.03. The van der Waals surface area contributed by atoms with Crippen LogP contribution >= 0.6 is 0 Å². The van der Waals surface area contributed by atoms with Crippen molar-refractivity contribution < 1.29 is 4.74 Å². The fourth-order valence-electron chi connectivity index (χ4n) is 1.70. The molecule has 0 aliphatic carbocycles. The zero-order valence-electron chi connectivity index (χ0n) is 12.7. The molecule has 7 heteroatoms. The van der Waals surface area contributed by atoms with Gasteiger partial charge in [0.1, 0.15) is 5.75 Å². The van der Waals surface area contributed by atoms with E-state index in [2.05, 4.69) is 40.3 Å². The van der Waals surface area contributed by atoms with Gasteiger partial charge in [-0.05, 0) is 23.6 Å². The number of hydrogen-bond donors (Lipinski definition) is 2. The molecule has 0 saturated carbocycles. The zero-order valence-corrected chi connectivity index (χ0v) is 12.7. The smallest absolute Gasteiger partial charge is 0.328 e. The van der Waals surface area contributed by atoms with Gasteiger partial charge >= 0.3 is 6.01 Å². The molecular formula is C14H20N6O. The Balaban J connectivity index is 2.30. The van der Waals surface area contributed by atoms with E-state index in [0.717, 1.165) is 0 Å². The van der Waals surface area contributed by atoms with Crippen LogP contribution in [0.4, 0.5) is 11.9 Å². The van der Waals surface area contributed by atoms with Crippen molar-refractivity contribution in [2.24, 2.45) is 5.84 Å². The van der Waals surface area contributed by atoms with Crippen molar-refractivity contribution in [3.8, 4) is 11.8 Å². The summed E-state index contributed by atoms with van der Waals surface area (Å²) in [6.45, 7) is 4.26. The van der Waals surface area contributed by atoms with E-state index in [9.17, 15) is 0 Å². The van der Waals surface area contributed by atoms with Gasteiger partial charge in [-0.1, -0.05) is 26.0 Å². The van der Waals surface area contributed by atoms with E-state index in [1.54, 1.807) is 4.90 Å². The van der Waals surface area contributed by atoms with Crippen LogP contribution in [0.3, 0.4) is 0 Å². The van der Waals surface area contributed by atoms with Crippen molar-refractivity contribution in [3.05, 3.63) is 29.8 Å². The molecule has 0 aliphatic heterocycles. The number of hydrazine groups is 1. The van der Waals surface area contributed by atoms with Gasteiger partial charge in [0.15, 0.2) is 0 Å². The van der Waals surface area contributed by atoms with Gasteiger partial charge in [0.05, 0.1) is 0 Å². The molecule has 3 N–H and O–H groups in total. The Hall–Kier alpha value is -2.41. The highest BCUT2D eigenvalue weighted by molar-refractivity contribution is 5.38. The summed E-state index contributed by atoms with van der Waals surface area (Å²) in [4.78, 5) is 14.2. The average Bonchev–Trinajstić information content (AvgIpc) is 2.47. The lowest BCUT2D eigenvalue weighted by atomic mass is 10.0. The molecule has 0 atom stereocenters. The number of ether oxygens (including phenoxy) is 1. The Labute approximate surface area is 124 Å². The summed E-state index contributed by atoms with van der Waals surface area (Å²) < 4.78 is 5.72. The summed E-state index contributed by atoms with van der Waals surface area (Å²) >= 11 is 0. The van der Waals surface area contributed by atoms with Crippen molar-refractivity contribution in [2.45, 2.75) is 19.8 Å². The van der Waals surface area contributed by atoms with Crippen LogP contribution in [0.15, 0.2) is 24.3 Å². The summed E-state index contributed by atoms with van der Waals surface area (Å²) in [6.07, 6.45) is 0. The van der Waals surface area contributed by atoms with Gasteiger partial charge in [-0.2, -0.15) is 15.0 Å². The molecule has 0 bridgehead atoms. The first kappa shape index (κ1) is 15.0. The molecule has 2 aromatic rings. The number of aromatic nitrogens is 3. The predicted molar refractivity (Wildman–Crippen MR) is 82.6 cm³/mol. The number of anilines is 2. The second-order valence-corrected chi connectivity index (χ2v) is 5.11. The Morgan fingerprint density at radius 2 is 1.95 bits per heavy atom. The molecule has 0 radical (unpaired) electrons. The quantitative estimate of drug-likeness (QED) is 0.643. The van der Waals surface area contributed by atoms with E-state index in [1.807, 2.05) is 32.3 Å². The molecule has 1 aromatic carbocycles. The van der Waals surface area contributed by atoms with E-state index in [4.69, 9.17) is 10.6 Å². The minimum Gasteiger partial charge on any atom is -0.424 e. The van der Waals surface area contributed by atoms with Gasteiger partial charge in [-0.3, -0.25) is 5.43 Å². The number of nitrogen functional groups attached to an aromatic ring is 1. The van der Waals surface area contributed by atoms with Crippen LogP contribution in [-0.4, -0.2) is 29.0 Å². The molecule has 1 aromatic heterocycles. The van der Waals surface area contributed by atoms with Gasteiger partial charge in [0, 0.05) is 14.1 Å². The lowest BCUT2D eigenvalue weighted by Gasteiger charge is -2.13. The summed E-state index contributed by atoms with van der Waals surface area (Å²) in [7, 11) is 3.66. The molecule has 0 saturated heterocycles. The Morgan fingerprint density at radius 3 is 2.57 bits per heavy atom. The van der Waals surface area contributed by atoms with Crippen molar-refractivity contribution in [2.75, 3.05) is 24.4 Å². The minimum absolute atomic E-state index is 0.197. The molecule has 21 heavy (non-hydrogen) atoms. The monoisotopic (exact) mass is 288 g/mol. The van der Waals surface area contributed by atoms with E-state index in [-0.39, 0.29) is 12.0 Å². The van der Waals surface area contributed by atoms with E-state index < -0.39 is 0 Å². The Kier molecular flexibility index (Phi) is 4.54. The molecule has 112 valence electrons. The van der Waals surface area contributed by atoms with Crippen LogP contribution in [0.25, 0.3) is 0 Å². The molecule has 2 rings (SSSR count). The van der Waals surface area contributed by atoms with E-state index in [1.165, 1.54) is 5.56 Å². The molecule has 0 fully saturated rings. The summed E-state index contributed by atoms with van der Waals surface area (Å²) in [5, 5.41) is 0. The van der Waals surface area contributed by atoms with E-state index >= 15 is 0 Å². The molecular weight excluding hydrogens is 268 g/mol. The summed E-state index contributed by atoms with van der Waals surface area (Å²) in [5.74, 6) is 7.19. The van der Waals surface area contributed by atoms with Crippen LogP contribution in [0, 0.1) is 0 Å². The maximum Gasteiger partial charge on any atom is 0.328 e. The number of nitrogens with zero attached hydrogens (tertiary/aromatic N) is 4. The molecule has 0 amide bonds. The summed E-state index contributed by atoms with van der Waals surface area (Å²) in [5.41, 5.74) is 3.60. The highest BCUT2D eigenvalue weighted by Crippen LogP contribution is 2.24. The first-order valence-corrected chi connectivity index (χ1v) is 6.67. The molecule has 0 spiro atoms. The van der Waals surface area contributed by atoms with Crippen molar-refractivity contribution in [1.29, 1.82) is 0 Å². The third-order valence-electron chi connectivity index (χ3n) is 2.87. The largest absolute Gasteiger partial charge is 0.424 e. The third kappa shape index (κ3) is 3.79. The highest BCUT2D eigenvalue weighted by Gasteiger charge is 2.10. The average molecular weight is 288 g/mol. The number of benzene rings is 1. The van der Waals surface area contributed by atoms with Gasteiger partial charge < -0.3 is 9.64 Å². The zero-order chi connectivity index (χ0) is 15.4. The van der Waals surface area contributed by atoms with Gasteiger partial charge in [0.25, 0.3) is 0 Å². The number of nitrogens with one attached hydrogen (secondary N) is 1. The van der Waals surface area contributed by atoms with Crippen LogP contribution in [0.5, 0.6) is 11.8 Å². The van der Waals surface area contributed by atoms with Gasteiger partial charge in [0.2, 0.25) is 11.9 Å². The molecule has 0 unspecified atom stereocenters. The lowest BCUT2D eigenvalue weighted by Crippen LogP contribution is -2.17. The second-order valence-electron chi connectivity index (χ2n) is 5.11. The van der Waals surface area contributed by atoms with E-state index in [0.29, 0.717) is 17.6 Å². The maximum atomic E-state index is 5.72. The van der Waals surface area contributed by atoms with Gasteiger partial charge in [-0.25, -0.2) is 5.84 Å². The SMILES string of the molecule is CC(C)c1cccc(Oc2nc(NN)nc(N(C)C)n2)c1. The van der Waals surface area contributed by atoms with Gasteiger partial charge in [-0.15, -0.1) is 0 Å². The van der Waals surface area contributed by atoms with Crippen LogP contribution in [-0.2, 0) is 0 Å². The Bertz CT molecular complexity index is 614. The Morgan fingerprint density at radius 1 is 1.19 bits per heavy atom. The van der Waals surface area contributed by atoms with Crippen molar-refractivity contribution in [1.82, 2.24) is 15.0 Å². The fraction of sp³-hybridized carbons (Fsp3) is 0.357. The maximum absolute atomic E-state index is 5.72. The molecule has 7 nitrogen and oxygen atoms in total. The highest BCUT2D eigenvalue weighted by atomic mass is 16.5. The third-order valence-corrected chi connectivity index (χ3v) is 2.87. The normalized spacial score (nSPS) is 10.6. The predicted octanol–water partition coefficient (Wildman–Crippen LogP) is 2.14. The minimum atomic E-state index is 0.197. The van der Waals surface area contributed by atoms with Crippen LogP contribution in [0.1, 0.15) is 25.3 Å². The number of rotatable bonds is 5. The first-order valence-electron chi connectivity index (χ1n) is 6.67. The lowest BCUT2D eigenvalue weighted by molar-refractivity contribution is 0.439. The molecule has 1 heterocycles.